The van der Waals surface area contributed by atoms with E-state index in [4.69, 9.17) is 9.47 Å². The van der Waals surface area contributed by atoms with Crippen molar-refractivity contribution in [1.82, 2.24) is 0 Å². The van der Waals surface area contributed by atoms with Crippen LogP contribution in [-0.4, -0.2) is 25.9 Å². The Morgan fingerprint density at radius 2 is 1.38 bits per heavy atom. The van der Waals surface area contributed by atoms with E-state index in [-0.39, 0.29) is 0 Å². The molecule has 0 aliphatic carbocycles. The molecular weight excluding hydrogens is 498 g/mol. The summed E-state index contributed by atoms with van der Waals surface area (Å²) in [5.74, 6) is 0. The SMILES string of the molecule is OC(OCI)c1ccc2cc(C(O)OCCI)ccc2c1. The summed E-state index contributed by atoms with van der Waals surface area (Å²) >= 11 is 4.24. The first-order valence-corrected chi connectivity index (χ1v) is 9.45. The summed E-state index contributed by atoms with van der Waals surface area (Å²) in [5, 5.41) is 21.7. The number of aliphatic hydroxyl groups excluding tert-OH is 2. The average Bonchev–Trinajstić information content (AvgIpc) is 2.51. The molecule has 2 aromatic rings. The molecule has 0 saturated carbocycles. The molecule has 0 heterocycles. The van der Waals surface area contributed by atoms with E-state index >= 15 is 0 Å². The van der Waals surface area contributed by atoms with Gasteiger partial charge in [0.15, 0.2) is 12.6 Å². The Balaban J connectivity index is 2.23. The molecule has 2 atom stereocenters. The zero-order valence-corrected chi connectivity index (χ0v) is 15.5. The number of hydrogen-bond acceptors (Lipinski definition) is 4. The monoisotopic (exact) mass is 514 g/mol. The number of benzene rings is 2. The number of fused-ring (bicyclic) bond motifs is 1. The minimum Gasteiger partial charge on any atom is -0.364 e. The molecule has 2 aromatic carbocycles. The molecule has 114 valence electrons. The number of aliphatic hydroxyl groups is 2. The van der Waals surface area contributed by atoms with E-state index in [0.29, 0.717) is 16.8 Å². The molecule has 0 saturated heterocycles. The second kappa shape index (κ2) is 8.59. The highest BCUT2D eigenvalue weighted by atomic mass is 127. The fourth-order valence-corrected chi connectivity index (χ4v) is 2.59. The lowest BCUT2D eigenvalue weighted by atomic mass is 10.0. The molecule has 0 amide bonds. The van der Waals surface area contributed by atoms with Crippen molar-refractivity contribution in [3.63, 3.8) is 0 Å². The van der Waals surface area contributed by atoms with E-state index in [1.54, 1.807) is 0 Å². The summed E-state index contributed by atoms with van der Waals surface area (Å²) in [4.78, 5) is 0. The van der Waals surface area contributed by atoms with Crippen LogP contribution in [0.3, 0.4) is 0 Å². The lowest BCUT2D eigenvalue weighted by Crippen LogP contribution is -2.05. The summed E-state index contributed by atoms with van der Waals surface area (Å²) in [7, 11) is 0. The number of hydrogen-bond donors (Lipinski definition) is 2. The van der Waals surface area contributed by atoms with Crippen LogP contribution in [-0.2, 0) is 9.47 Å². The molecule has 0 fully saturated rings. The van der Waals surface area contributed by atoms with Gasteiger partial charge in [0.25, 0.3) is 0 Å². The van der Waals surface area contributed by atoms with Crippen LogP contribution in [0, 0.1) is 0 Å². The highest BCUT2D eigenvalue weighted by molar-refractivity contribution is 14.1. The van der Waals surface area contributed by atoms with Crippen molar-refractivity contribution in [2.45, 2.75) is 12.6 Å². The Morgan fingerprint density at radius 3 is 1.86 bits per heavy atom. The molecule has 2 unspecified atom stereocenters. The van der Waals surface area contributed by atoms with Crippen molar-refractivity contribution in [3.05, 3.63) is 47.5 Å². The predicted molar refractivity (Wildman–Crippen MR) is 98.7 cm³/mol. The van der Waals surface area contributed by atoms with Crippen molar-refractivity contribution in [2.24, 2.45) is 0 Å². The van der Waals surface area contributed by atoms with E-state index in [2.05, 4.69) is 22.6 Å². The molecule has 21 heavy (non-hydrogen) atoms. The van der Waals surface area contributed by atoms with Crippen LogP contribution in [0.1, 0.15) is 23.7 Å². The van der Waals surface area contributed by atoms with Gasteiger partial charge in [-0.1, -0.05) is 69.4 Å². The molecule has 2 rings (SSSR count). The van der Waals surface area contributed by atoms with Crippen LogP contribution in [0.2, 0.25) is 0 Å². The third-order valence-corrected chi connectivity index (χ3v) is 3.83. The van der Waals surface area contributed by atoms with E-state index in [0.717, 1.165) is 20.8 Å². The number of alkyl halides is 2. The highest BCUT2D eigenvalue weighted by Gasteiger charge is 2.10. The van der Waals surface area contributed by atoms with E-state index in [9.17, 15) is 10.2 Å². The third-order valence-electron chi connectivity index (χ3n) is 3.03. The van der Waals surface area contributed by atoms with Crippen molar-refractivity contribution in [1.29, 1.82) is 0 Å². The van der Waals surface area contributed by atoms with Crippen LogP contribution in [0.4, 0.5) is 0 Å². The molecular formula is C15H16I2O4. The molecule has 0 aromatic heterocycles. The van der Waals surface area contributed by atoms with Crippen molar-refractivity contribution in [2.75, 3.05) is 15.6 Å². The fraction of sp³-hybridized carbons (Fsp3) is 0.333. The molecule has 6 heteroatoms. The van der Waals surface area contributed by atoms with Crippen LogP contribution >= 0.6 is 45.2 Å². The van der Waals surface area contributed by atoms with Gasteiger partial charge in [-0.15, -0.1) is 0 Å². The summed E-state index contributed by atoms with van der Waals surface area (Å²) in [6.07, 6.45) is -1.82. The second-order valence-electron chi connectivity index (χ2n) is 4.41. The van der Waals surface area contributed by atoms with Crippen LogP contribution in [0.25, 0.3) is 10.8 Å². The van der Waals surface area contributed by atoms with Crippen LogP contribution < -0.4 is 0 Å². The minimum atomic E-state index is -0.913. The van der Waals surface area contributed by atoms with E-state index in [1.165, 1.54) is 0 Å². The smallest absolute Gasteiger partial charge is 0.182 e. The number of halogens is 2. The zero-order chi connectivity index (χ0) is 15.2. The van der Waals surface area contributed by atoms with Gasteiger partial charge in [0, 0.05) is 15.6 Å². The predicted octanol–water partition coefficient (Wildman–Crippen LogP) is 3.68. The maximum atomic E-state index is 9.94. The Hall–Kier alpha value is 0. The first-order valence-electron chi connectivity index (χ1n) is 6.40. The lowest BCUT2D eigenvalue weighted by Gasteiger charge is -2.14. The highest BCUT2D eigenvalue weighted by Crippen LogP contribution is 2.25. The number of rotatable bonds is 7. The van der Waals surface area contributed by atoms with Crippen LogP contribution in [0.15, 0.2) is 36.4 Å². The van der Waals surface area contributed by atoms with E-state index < -0.39 is 12.6 Å². The zero-order valence-electron chi connectivity index (χ0n) is 11.2. The van der Waals surface area contributed by atoms with Gasteiger partial charge in [0.1, 0.15) is 4.61 Å². The first kappa shape index (κ1) is 17.4. The molecule has 0 spiro atoms. The summed E-state index contributed by atoms with van der Waals surface area (Å²) in [6, 6.07) is 11.2. The first-order chi connectivity index (χ1) is 10.2. The molecule has 0 bridgehead atoms. The topological polar surface area (TPSA) is 58.9 Å². The Labute approximate surface area is 150 Å². The number of ether oxygens (including phenoxy) is 2. The normalized spacial score (nSPS) is 14.3. The standard InChI is InChI=1S/C15H16I2O4/c16-5-6-20-14(18)12-3-1-11-8-13(15(19)21-9-17)4-2-10(11)7-12/h1-4,7-8,14-15,18-19H,5-6,9H2. The maximum absolute atomic E-state index is 9.94. The largest absolute Gasteiger partial charge is 0.364 e. The van der Waals surface area contributed by atoms with Gasteiger partial charge in [-0.2, -0.15) is 0 Å². The second-order valence-corrected chi connectivity index (χ2v) is 6.11. The minimum absolute atomic E-state index is 0.427. The maximum Gasteiger partial charge on any atom is 0.182 e. The lowest BCUT2D eigenvalue weighted by molar-refractivity contribution is -0.0963. The van der Waals surface area contributed by atoms with Gasteiger partial charge in [0.2, 0.25) is 0 Å². The van der Waals surface area contributed by atoms with Crippen molar-refractivity contribution >= 4 is 56.0 Å². The van der Waals surface area contributed by atoms with Crippen molar-refractivity contribution in [3.8, 4) is 0 Å². The molecule has 2 N–H and O–H groups in total. The Morgan fingerprint density at radius 1 is 0.857 bits per heavy atom. The van der Waals surface area contributed by atoms with Gasteiger partial charge in [0.05, 0.1) is 6.61 Å². The molecule has 0 aliphatic heterocycles. The quantitative estimate of drug-likeness (QED) is 0.337. The van der Waals surface area contributed by atoms with Crippen molar-refractivity contribution < 1.29 is 19.7 Å². The molecule has 0 aliphatic rings. The Kier molecular flexibility index (Phi) is 7.10. The fourth-order valence-electron chi connectivity index (χ4n) is 2.00. The summed E-state index contributed by atoms with van der Waals surface area (Å²) in [5.41, 5.74) is 1.44. The van der Waals surface area contributed by atoms with Gasteiger partial charge < -0.3 is 19.7 Å². The summed E-state index contributed by atoms with van der Waals surface area (Å²) < 4.78 is 11.7. The van der Waals surface area contributed by atoms with Gasteiger partial charge >= 0.3 is 0 Å². The average molecular weight is 514 g/mol. The molecule has 4 nitrogen and oxygen atoms in total. The Bertz CT molecular complexity index is 591. The molecule has 0 radical (unpaired) electrons. The summed E-state index contributed by atoms with van der Waals surface area (Å²) in [6.45, 7) is 0.512. The van der Waals surface area contributed by atoms with E-state index in [1.807, 2.05) is 59.0 Å². The van der Waals surface area contributed by atoms with Crippen LogP contribution in [0.5, 0.6) is 0 Å². The van der Waals surface area contributed by atoms with Gasteiger partial charge in [-0.25, -0.2) is 0 Å². The van der Waals surface area contributed by atoms with Gasteiger partial charge in [-0.05, 0) is 22.9 Å². The van der Waals surface area contributed by atoms with Gasteiger partial charge in [-0.3, -0.25) is 0 Å². The third kappa shape index (κ3) is 4.73.